The number of phosphoric acid groups is 4. The fourth-order valence-electron chi connectivity index (χ4n) is 8.30. The van der Waals surface area contributed by atoms with Crippen molar-refractivity contribution in [1.29, 1.82) is 0 Å². The molecule has 3 aliphatic heterocycles. The number of hydrogen-bond acceptors (Lipinski definition) is 37. The number of aliphatic hydroxyl groups is 3. The van der Waals surface area contributed by atoms with E-state index < -0.39 is 136 Å². The lowest BCUT2D eigenvalue weighted by Crippen LogP contribution is -2.45. The first-order valence-corrected chi connectivity index (χ1v) is 28.2. The van der Waals surface area contributed by atoms with Gasteiger partial charge in [0.1, 0.15) is 72.6 Å². The molecule has 6 rings (SSSR count). The molecule has 3 aliphatic rings. The Bertz CT molecular complexity index is 3020. The van der Waals surface area contributed by atoms with Gasteiger partial charge in [0.25, 0.3) is 42.4 Å². The number of nitrogens with zero attached hydrogens (tertiary/aromatic N) is 10. The number of methoxy groups -OCH3 is 2. The van der Waals surface area contributed by atoms with Gasteiger partial charge in [0.2, 0.25) is 11.9 Å². The fraction of sp³-hybridized carbons (Fsp3) is 0.611. The Morgan fingerprint density at radius 1 is 0.620 bits per heavy atom. The highest BCUT2D eigenvalue weighted by Crippen LogP contribution is 2.63. The van der Waals surface area contributed by atoms with Crippen LogP contribution >= 0.6 is 31.3 Å². The van der Waals surface area contributed by atoms with Gasteiger partial charge in [0.15, 0.2) is 47.6 Å². The van der Waals surface area contributed by atoms with Gasteiger partial charge in [-0.2, -0.15) is 9.97 Å². The molecule has 0 amide bonds. The van der Waals surface area contributed by atoms with Crippen LogP contribution in [0.15, 0.2) is 25.9 Å². The molecule has 0 saturated carbocycles. The van der Waals surface area contributed by atoms with Gasteiger partial charge in [0, 0.05) is 49.5 Å². The summed E-state index contributed by atoms with van der Waals surface area (Å²) in [6.45, 7) is 3.09. The average molecular weight is 1210 g/mol. The summed E-state index contributed by atoms with van der Waals surface area (Å²) in [6, 6.07) is 0. The summed E-state index contributed by atoms with van der Waals surface area (Å²) in [6.07, 6.45) is -19.1. The van der Waals surface area contributed by atoms with E-state index in [4.69, 9.17) is 54.5 Å². The summed E-state index contributed by atoms with van der Waals surface area (Å²) in [5.41, 5.74) is 15.3. The molecule has 79 heavy (non-hydrogen) atoms. The Balaban J connectivity index is 1.14. The Labute approximate surface area is 446 Å². The molecule has 3 fully saturated rings. The van der Waals surface area contributed by atoms with E-state index >= 15 is 0 Å². The summed E-state index contributed by atoms with van der Waals surface area (Å²) in [5.74, 6) is -1.34. The third kappa shape index (κ3) is 14.4. The third-order valence-corrected chi connectivity index (χ3v) is 16.9. The first kappa shape index (κ1) is 63.2. The maximum atomic E-state index is 13.6. The van der Waals surface area contributed by atoms with E-state index in [-0.39, 0.29) is 52.2 Å². The molecule has 3 saturated heterocycles. The average Bonchev–Trinajstić information content (AvgIpc) is 4.02. The Hall–Kier alpha value is -5.02. The Kier molecular flexibility index (Phi) is 20.0. The van der Waals surface area contributed by atoms with Crippen LogP contribution in [0.3, 0.4) is 0 Å². The summed E-state index contributed by atoms with van der Waals surface area (Å²) >= 11 is 0. The lowest BCUT2D eigenvalue weighted by molar-refractivity contribution is -0.252. The predicted molar refractivity (Wildman–Crippen MR) is 264 cm³/mol. The largest absolute Gasteiger partial charge is 0.756 e. The number of H-pyrrole nitrogens is 2. The van der Waals surface area contributed by atoms with Gasteiger partial charge >= 0.3 is 0 Å². The fourth-order valence-corrected chi connectivity index (χ4v) is 12.6. The molecule has 0 bridgehead atoms. The molecule has 3 aromatic heterocycles. The minimum atomic E-state index is -6.58. The number of aromatic amines is 2. The molecule has 0 aromatic carbocycles. The molecule has 0 aliphatic carbocycles. The topological polar surface area (TPSA) is 556 Å². The normalized spacial score (nSPS) is 29.0. The number of anilines is 7. The molecule has 6 heterocycles. The standard InChI is InChI=1S/C36H59N15O24P4/c1-40-17-26(37)42-13-43-27(17)49(5)34-25(66-9)24(73-76(57,58)67-10-14-20(52)21(53)32(70-14)50(6)28-18(41-2)30(55)46-35(38)44-28)16(72-34)12-69-78(61,62)75-79(63,64)74-77(59,60)68-11-15-23(65-8)22(54)33(71-15)51(7)29-19(48(3)4)31(56)47-36(39)45-29/h13-16,20-25,32-34,52-54H,1-2,10-12H2,3-9H3,(H,57,58)(H,59,60)(H,61,62)(H,63,64)(H2,37,42,43)(H3,38,44,46,55)(H3,39,45,47,56)/p-4/t14-,15-,16-,20?,21?,22?,23?,24?,25?,32-,33-,34-/m1/s1. The van der Waals surface area contributed by atoms with Crippen molar-refractivity contribution in [1.82, 2.24) is 29.9 Å². The van der Waals surface area contributed by atoms with E-state index in [1.807, 2.05) is 0 Å². The molecule has 0 radical (unpaired) electrons. The smallest absolute Gasteiger partial charge is 0.280 e. The van der Waals surface area contributed by atoms with Crippen molar-refractivity contribution >= 4 is 97.0 Å². The van der Waals surface area contributed by atoms with Crippen molar-refractivity contribution in [3.05, 3.63) is 27.0 Å². The zero-order valence-corrected chi connectivity index (χ0v) is 46.0. The molecule has 16 atom stereocenters. The monoisotopic (exact) mass is 1210 g/mol. The second-order valence-electron chi connectivity index (χ2n) is 17.2. The van der Waals surface area contributed by atoms with E-state index in [9.17, 15) is 62.7 Å². The van der Waals surface area contributed by atoms with Crippen LogP contribution in [-0.2, 0) is 68.7 Å². The third-order valence-electron chi connectivity index (χ3n) is 11.8. The molecular weight excluding hydrogens is 1150 g/mol. The molecule has 39 nitrogen and oxygen atoms in total. The van der Waals surface area contributed by atoms with Gasteiger partial charge in [-0.25, -0.2) is 18.6 Å². The number of phosphoric ester groups is 3. The van der Waals surface area contributed by atoms with Gasteiger partial charge in [-0.15, -0.1) is 0 Å². The molecule has 0 spiro atoms. The second-order valence-corrected chi connectivity index (χ2v) is 23.1. The van der Waals surface area contributed by atoms with Crippen molar-refractivity contribution in [2.24, 2.45) is 9.98 Å². The van der Waals surface area contributed by atoms with E-state index in [1.165, 1.54) is 45.0 Å². The highest BCUT2D eigenvalue weighted by atomic mass is 31.3. The maximum Gasteiger partial charge on any atom is 0.280 e. The van der Waals surface area contributed by atoms with Crippen molar-refractivity contribution < 1.29 is 104 Å². The maximum absolute atomic E-state index is 13.6. The highest BCUT2D eigenvalue weighted by Gasteiger charge is 2.52. The van der Waals surface area contributed by atoms with Crippen LogP contribution in [-0.4, -0.2) is 202 Å². The molecule has 43 heteroatoms. The molecule has 10 unspecified atom stereocenters. The zero-order valence-electron chi connectivity index (χ0n) is 42.4. The zero-order chi connectivity index (χ0) is 58.9. The lowest BCUT2D eigenvalue weighted by atomic mass is 10.1. The Morgan fingerprint density at radius 3 is 1.65 bits per heavy atom. The van der Waals surface area contributed by atoms with E-state index in [2.05, 4.69) is 66.5 Å². The van der Waals surface area contributed by atoms with Crippen molar-refractivity contribution in [3.63, 3.8) is 0 Å². The summed E-state index contributed by atoms with van der Waals surface area (Å²) < 4.78 is 108. The first-order chi connectivity index (χ1) is 36.8. The number of aliphatic hydroxyl groups excluding tert-OH is 3. The number of ether oxygens (including phenoxy) is 5. The molecule has 442 valence electrons. The Morgan fingerprint density at radius 2 is 1.09 bits per heavy atom. The van der Waals surface area contributed by atoms with Gasteiger partial charge in [-0.05, 0) is 13.4 Å². The number of rotatable bonds is 26. The van der Waals surface area contributed by atoms with Crippen LogP contribution in [0.2, 0.25) is 0 Å². The van der Waals surface area contributed by atoms with Crippen LogP contribution in [0.1, 0.15) is 0 Å². The van der Waals surface area contributed by atoms with Crippen LogP contribution < -0.4 is 67.5 Å². The summed E-state index contributed by atoms with van der Waals surface area (Å²) in [7, 11) is -15.8. The number of hydrogen-bond donors (Lipinski definition) is 8. The minimum Gasteiger partial charge on any atom is -0.756 e. The van der Waals surface area contributed by atoms with Crippen molar-refractivity contribution in [2.45, 2.75) is 73.6 Å². The summed E-state index contributed by atoms with van der Waals surface area (Å²) in [4.78, 5) is 110. The van der Waals surface area contributed by atoms with Crippen LogP contribution in [0, 0.1) is 0 Å². The van der Waals surface area contributed by atoms with Gasteiger partial charge in [0.05, 0.1) is 19.8 Å². The SMILES string of the molecule is C=Nc1c(N)ncnc1N(C)[C@@H]1O[C@H](COP(=O)([O-])OP(=O)([O-])OP(=O)([O-])OC[C@H]2O[C@@H](N(C)c3nc(N)[nH]c(=O)c3N(C)C)C(O)C2OC)C(OP(=O)([O-])OC[C@H]2O[C@@H](N(C)c3nc(N)[nH]c(=O)c3N=C)C(O)C2O)C1OC. The number of aliphatic imine (C=N–C) groups is 2. The van der Waals surface area contributed by atoms with Crippen LogP contribution in [0.5, 0.6) is 0 Å². The van der Waals surface area contributed by atoms with Crippen molar-refractivity contribution in [3.8, 4) is 0 Å². The van der Waals surface area contributed by atoms with Gasteiger partial charge in [-0.1, -0.05) is 0 Å². The van der Waals surface area contributed by atoms with E-state index in [0.29, 0.717) is 0 Å². The van der Waals surface area contributed by atoms with E-state index in [1.54, 1.807) is 0 Å². The van der Waals surface area contributed by atoms with E-state index in [0.717, 1.165) is 30.3 Å². The molecule has 3 aromatic rings. The van der Waals surface area contributed by atoms with Crippen molar-refractivity contribution in [2.75, 3.05) is 106 Å². The van der Waals surface area contributed by atoms with Crippen LogP contribution in [0.25, 0.3) is 0 Å². The number of nitrogens with one attached hydrogen (secondary N) is 2. The van der Waals surface area contributed by atoms with Gasteiger partial charge < -0.3 is 113 Å². The van der Waals surface area contributed by atoms with Gasteiger partial charge in [-0.3, -0.25) is 47.8 Å². The second kappa shape index (κ2) is 25.0. The van der Waals surface area contributed by atoms with Crippen LogP contribution in [0.4, 0.5) is 52.2 Å². The molecular formula is C36H55N15O24P4-4. The number of aromatic nitrogens is 6. The minimum absolute atomic E-state index is 0.0274. The quantitative estimate of drug-likeness (QED) is 0.0274. The lowest BCUT2D eigenvalue weighted by Gasteiger charge is -2.35. The number of nitrogen functional groups attached to an aromatic ring is 3. The predicted octanol–water partition coefficient (Wildman–Crippen LogP) is -5.54. The first-order valence-electron chi connectivity index (χ1n) is 22.3. The summed E-state index contributed by atoms with van der Waals surface area (Å²) in [5, 5.41) is 32.8. The highest BCUT2D eigenvalue weighted by molar-refractivity contribution is 7.65. The molecule has 11 N–H and O–H groups in total. The number of nitrogens with two attached hydrogens (primary N) is 3. The number of likely N-dealkylation sites (N-methyl/N-ethyl adjacent to an activating group) is 3.